The standard InChI is InChI=1S/C11H11NO8/c13-10(7-18-5-6-19-12(16)17)20-9-4-2-1-3-8(9)11(14)15/h1-4H,5-7H2,(H,14,15). The van der Waals surface area contributed by atoms with E-state index in [1.165, 1.54) is 24.3 Å². The summed E-state index contributed by atoms with van der Waals surface area (Å²) in [6.45, 7) is -0.961. The van der Waals surface area contributed by atoms with E-state index >= 15 is 0 Å². The number of hydrogen-bond donors (Lipinski definition) is 1. The van der Waals surface area contributed by atoms with Gasteiger partial charge in [-0.3, -0.25) is 0 Å². The summed E-state index contributed by atoms with van der Waals surface area (Å²) in [7, 11) is 0. The van der Waals surface area contributed by atoms with Gasteiger partial charge in [-0.1, -0.05) is 12.1 Å². The predicted molar refractivity (Wildman–Crippen MR) is 62.8 cm³/mol. The van der Waals surface area contributed by atoms with Crippen molar-refractivity contribution in [3.05, 3.63) is 39.9 Å². The van der Waals surface area contributed by atoms with E-state index in [1.54, 1.807) is 0 Å². The number of carboxylic acids is 1. The van der Waals surface area contributed by atoms with Crippen LogP contribution in [0.15, 0.2) is 24.3 Å². The van der Waals surface area contributed by atoms with E-state index in [0.29, 0.717) is 0 Å². The molecule has 108 valence electrons. The van der Waals surface area contributed by atoms with Gasteiger partial charge >= 0.3 is 11.9 Å². The normalized spacial score (nSPS) is 9.80. The third-order valence-electron chi connectivity index (χ3n) is 1.99. The number of para-hydroxylation sites is 1. The molecule has 0 radical (unpaired) electrons. The van der Waals surface area contributed by atoms with Gasteiger partial charge in [0.15, 0.2) is 0 Å². The second kappa shape index (κ2) is 7.69. The molecule has 1 rings (SSSR count). The highest BCUT2D eigenvalue weighted by atomic mass is 17.0. The lowest BCUT2D eigenvalue weighted by Crippen LogP contribution is -2.19. The maximum Gasteiger partial charge on any atom is 0.339 e. The molecule has 1 aromatic carbocycles. The van der Waals surface area contributed by atoms with Crippen LogP contribution in [0, 0.1) is 10.1 Å². The molecule has 9 nitrogen and oxygen atoms in total. The molecule has 20 heavy (non-hydrogen) atoms. The number of aromatic carboxylic acids is 1. The van der Waals surface area contributed by atoms with Gasteiger partial charge in [-0.15, -0.1) is 10.1 Å². The predicted octanol–water partition coefficient (Wildman–Crippen LogP) is 0.515. The SMILES string of the molecule is O=C(COCCO[N+](=O)[O-])Oc1ccccc1C(=O)O. The fourth-order valence-electron chi connectivity index (χ4n) is 1.21. The number of carboxylic acid groups (broad SMARTS) is 1. The quantitative estimate of drug-likeness (QED) is 0.241. The average Bonchev–Trinajstić information content (AvgIpc) is 2.38. The average molecular weight is 285 g/mol. The van der Waals surface area contributed by atoms with E-state index in [0.717, 1.165) is 0 Å². The Hall–Kier alpha value is -2.68. The molecular formula is C11H11NO8. The third kappa shape index (κ3) is 5.31. The number of esters is 1. The number of ether oxygens (including phenoxy) is 2. The number of rotatable bonds is 8. The van der Waals surface area contributed by atoms with E-state index in [-0.39, 0.29) is 24.5 Å². The highest BCUT2D eigenvalue weighted by molar-refractivity contribution is 5.92. The van der Waals surface area contributed by atoms with E-state index in [4.69, 9.17) is 14.6 Å². The van der Waals surface area contributed by atoms with E-state index in [9.17, 15) is 19.7 Å². The first kappa shape index (κ1) is 15.4. The van der Waals surface area contributed by atoms with Gasteiger partial charge in [0.25, 0.3) is 5.09 Å². The van der Waals surface area contributed by atoms with Crippen molar-refractivity contribution in [2.45, 2.75) is 0 Å². The van der Waals surface area contributed by atoms with Crippen molar-refractivity contribution >= 4 is 11.9 Å². The van der Waals surface area contributed by atoms with E-state index in [1.807, 2.05) is 0 Å². The molecule has 0 atom stereocenters. The molecule has 0 amide bonds. The molecule has 0 saturated heterocycles. The minimum Gasteiger partial charge on any atom is -0.478 e. The van der Waals surface area contributed by atoms with Gasteiger partial charge in [0, 0.05) is 0 Å². The molecule has 9 heteroatoms. The maximum atomic E-state index is 11.4. The van der Waals surface area contributed by atoms with Crippen LogP contribution >= 0.6 is 0 Å². The summed E-state index contributed by atoms with van der Waals surface area (Å²) < 4.78 is 9.58. The number of nitrogens with zero attached hydrogens (tertiary/aromatic N) is 1. The molecule has 0 aliphatic rings. The Morgan fingerprint density at radius 2 is 1.95 bits per heavy atom. The van der Waals surface area contributed by atoms with Crippen LogP contribution in [0.1, 0.15) is 10.4 Å². The molecule has 0 saturated carbocycles. The Labute approximate surface area is 112 Å². The van der Waals surface area contributed by atoms with E-state index in [2.05, 4.69) is 4.84 Å². The first-order chi connectivity index (χ1) is 9.50. The second-order valence-corrected chi connectivity index (χ2v) is 3.38. The first-order valence-electron chi connectivity index (χ1n) is 5.38. The lowest BCUT2D eigenvalue weighted by atomic mass is 10.2. The maximum absolute atomic E-state index is 11.4. The van der Waals surface area contributed by atoms with Crippen molar-refractivity contribution in [3.8, 4) is 5.75 Å². The molecule has 0 aliphatic heterocycles. The van der Waals surface area contributed by atoms with Crippen LogP contribution in [0.5, 0.6) is 5.75 Å². The Balaban J connectivity index is 2.39. The lowest BCUT2D eigenvalue weighted by molar-refractivity contribution is -0.758. The van der Waals surface area contributed by atoms with Crippen molar-refractivity contribution in [2.75, 3.05) is 19.8 Å². The van der Waals surface area contributed by atoms with E-state index < -0.39 is 23.6 Å². The Morgan fingerprint density at radius 3 is 2.60 bits per heavy atom. The van der Waals surface area contributed by atoms with Gasteiger partial charge < -0.3 is 19.4 Å². The van der Waals surface area contributed by atoms with Gasteiger partial charge in [0.05, 0.1) is 6.61 Å². The molecule has 0 unspecified atom stereocenters. The summed E-state index contributed by atoms with van der Waals surface area (Å²) in [6.07, 6.45) is 0. The number of carbonyl (C=O) groups excluding carboxylic acids is 1. The topological polar surface area (TPSA) is 125 Å². The van der Waals surface area contributed by atoms with Crippen LogP contribution in [0.4, 0.5) is 0 Å². The second-order valence-electron chi connectivity index (χ2n) is 3.38. The fourth-order valence-corrected chi connectivity index (χ4v) is 1.21. The summed E-state index contributed by atoms with van der Waals surface area (Å²) in [6, 6.07) is 5.63. The first-order valence-corrected chi connectivity index (χ1v) is 5.38. The summed E-state index contributed by atoms with van der Waals surface area (Å²) in [5, 5.41) is 17.7. The van der Waals surface area contributed by atoms with Crippen LogP contribution in [0.25, 0.3) is 0 Å². The molecule has 0 spiro atoms. The zero-order valence-electron chi connectivity index (χ0n) is 10.2. The fraction of sp³-hybridized carbons (Fsp3) is 0.273. The molecule has 0 aromatic heterocycles. The van der Waals surface area contributed by atoms with Gasteiger partial charge in [-0.25, -0.2) is 9.59 Å². The summed E-state index contributed by atoms with van der Waals surface area (Å²) >= 11 is 0. The molecule has 0 fully saturated rings. The van der Waals surface area contributed by atoms with Crippen LogP contribution in [-0.4, -0.2) is 42.0 Å². The summed E-state index contributed by atoms with van der Waals surface area (Å²) in [5.74, 6) is -2.15. The van der Waals surface area contributed by atoms with Crippen LogP contribution in [0.2, 0.25) is 0 Å². The molecule has 1 aromatic rings. The molecular weight excluding hydrogens is 274 g/mol. The summed E-state index contributed by atoms with van der Waals surface area (Å²) in [5.41, 5.74) is -0.155. The Bertz CT molecular complexity index is 501. The lowest BCUT2D eigenvalue weighted by Gasteiger charge is -2.07. The van der Waals surface area contributed by atoms with Gasteiger partial charge in [0.1, 0.15) is 24.5 Å². The van der Waals surface area contributed by atoms with Crippen LogP contribution in [0.3, 0.4) is 0 Å². The largest absolute Gasteiger partial charge is 0.478 e. The zero-order chi connectivity index (χ0) is 15.0. The molecule has 0 heterocycles. The molecule has 0 bridgehead atoms. The van der Waals surface area contributed by atoms with Crippen LogP contribution in [-0.2, 0) is 14.4 Å². The highest BCUT2D eigenvalue weighted by Gasteiger charge is 2.13. The Morgan fingerprint density at radius 1 is 1.25 bits per heavy atom. The monoisotopic (exact) mass is 285 g/mol. The Kier molecular flexibility index (Phi) is 5.91. The zero-order valence-corrected chi connectivity index (χ0v) is 10.2. The van der Waals surface area contributed by atoms with Crippen molar-refractivity contribution in [1.82, 2.24) is 0 Å². The third-order valence-corrected chi connectivity index (χ3v) is 1.99. The van der Waals surface area contributed by atoms with Gasteiger partial charge in [-0.2, -0.15) is 0 Å². The number of hydrogen-bond acceptors (Lipinski definition) is 7. The molecule has 1 N–H and O–H groups in total. The van der Waals surface area contributed by atoms with Gasteiger partial charge in [-0.05, 0) is 12.1 Å². The number of carbonyl (C=O) groups is 2. The molecule has 0 aliphatic carbocycles. The summed E-state index contributed by atoms with van der Waals surface area (Å²) in [4.78, 5) is 36.0. The van der Waals surface area contributed by atoms with Crippen molar-refractivity contribution < 1.29 is 34.1 Å². The van der Waals surface area contributed by atoms with Crippen molar-refractivity contribution in [2.24, 2.45) is 0 Å². The smallest absolute Gasteiger partial charge is 0.339 e. The minimum absolute atomic E-state index is 0.102. The number of benzene rings is 1. The minimum atomic E-state index is -1.23. The van der Waals surface area contributed by atoms with Crippen molar-refractivity contribution in [3.63, 3.8) is 0 Å². The van der Waals surface area contributed by atoms with Crippen LogP contribution < -0.4 is 4.74 Å². The van der Waals surface area contributed by atoms with Crippen molar-refractivity contribution in [1.29, 1.82) is 0 Å². The highest BCUT2D eigenvalue weighted by Crippen LogP contribution is 2.17. The van der Waals surface area contributed by atoms with Gasteiger partial charge in [0.2, 0.25) is 0 Å².